The van der Waals surface area contributed by atoms with Gasteiger partial charge in [-0.25, -0.2) is 0 Å². The Kier molecular flexibility index (Phi) is 4.44. The van der Waals surface area contributed by atoms with Crippen molar-refractivity contribution in [2.45, 2.75) is 25.4 Å². The van der Waals surface area contributed by atoms with Crippen LogP contribution in [0.3, 0.4) is 0 Å². The zero-order valence-electron chi connectivity index (χ0n) is 13.2. The van der Waals surface area contributed by atoms with Gasteiger partial charge in [0.25, 0.3) is 5.91 Å². The van der Waals surface area contributed by atoms with Crippen LogP contribution in [0.15, 0.2) is 46.0 Å². The first-order valence-corrected chi connectivity index (χ1v) is 7.76. The Morgan fingerprint density at radius 2 is 2.04 bits per heavy atom. The van der Waals surface area contributed by atoms with Gasteiger partial charge in [0.15, 0.2) is 11.5 Å². The Balaban J connectivity index is 1.80. The number of Topliss-reactive ketones (excluding diaryl/α,β-unsaturated/α-hetero) is 1. The number of benzene rings is 1. The number of aliphatic hydroxyl groups is 1. The predicted molar refractivity (Wildman–Crippen MR) is 83.6 cm³/mol. The third-order valence-electron chi connectivity index (χ3n) is 4.63. The van der Waals surface area contributed by atoms with Crippen LogP contribution < -0.4 is 0 Å². The van der Waals surface area contributed by atoms with Crippen molar-refractivity contribution in [2.24, 2.45) is 22.1 Å². The largest absolute Gasteiger partial charge is 0.510 e. The molecule has 3 atom stereocenters. The fraction of sp³-hybridized carbons (Fsp3) is 0.412. The Morgan fingerprint density at radius 3 is 2.75 bits per heavy atom. The minimum atomic E-state index is -0.691. The Hall–Kier alpha value is -2.54. The average Bonchev–Trinajstić information content (AvgIpc) is 2.83. The van der Waals surface area contributed by atoms with Crippen LogP contribution in [0.25, 0.3) is 0 Å². The minimum absolute atomic E-state index is 0.00594. The molecule has 1 saturated carbocycles. The van der Waals surface area contributed by atoms with Crippen molar-refractivity contribution >= 4 is 11.7 Å². The number of hydrogen-bond acceptors (Lipinski definition) is 6. The molecule has 3 unspecified atom stereocenters. The summed E-state index contributed by atoms with van der Waals surface area (Å²) >= 11 is 0. The normalized spacial score (nSPS) is 26.9. The van der Waals surface area contributed by atoms with Crippen molar-refractivity contribution in [3.8, 4) is 5.75 Å². The van der Waals surface area contributed by atoms with E-state index < -0.39 is 5.91 Å². The Morgan fingerprint density at radius 1 is 1.25 bits per heavy atom. The minimum Gasteiger partial charge on any atom is -0.510 e. The number of amides is 1. The van der Waals surface area contributed by atoms with Crippen molar-refractivity contribution in [3.05, 3.63) is 41.3 Å². The summed E-state index contributed by atoms with van der Waals surface area (Å²) in [4.78, 5) is 24.4. The molecule has 0 saturated heterocycles. The van der Waals surface area contributed by atoms with Crippen LogP contribution in [0.2, 0.25) is 0 Å². The molecule has 2 aliphatic carbocycles. The smallest absolute Gasteiger partial charge is 0.295 e. The van der Waals surface area contributed by atoms with E-state index in [0.29, 0.717) is 12.8 Å². The van der Waals surface area contributed by atoms with Crippen LogP contribution in [0.1, 0.15) is 29.6 Å². The summed E-state index contributed by atoms with van der Waals surface area (Å²) in [6.45, 7) is 0. The number of rotatable bonds is 3. The standard InChI is InChI=1S/C17H18N2O5/c1-24-11-5-6-12-13(8-11)16(22)14(15(12)21)18-19-17(23)9-3-2-4-10(20)7-9/h2-4,7,11-13,20,22H,5-6,8H2,1H3. The highest BCUT2D eigenvalue weighted by Crippen LogP contribution is 2.43. The lowest BCUT2D eigenvalue weighted by Gasteiger charge is -2.29. The number of ether oxygens (including phenoxy) is 1. The highest BCUT2D eigenvalue weighted by molar-refractivity contribution is 6.01. The molecule has 2 N–H and O–H groups in total. The van der Waals surface area contributed by atoms with Gasteiger partial charge in [-0.1, -0.05) is 6.07 Å². The number of fused-ring (bicyclic) bond motifs is 1. The summed E-state index contributed by atoms with van der Waals surface area (Å²) in [5.41, 5.74) is 0.0106. The van der Waals surface area contributed by atoms with Crippen molar-refractivity contribution in [3.63, 3.8) is 0 Å². The van der Waals surface area contributed by atoms with E-state index in [1.165, 1.54) is 24.3 Å². The second-order valence-corrected chi connectivity index (χ2v) is 6.04. The molecule has 1 aromatic carbocycles. The average molecular weight is 330 g/mol. The summed E-state index contributed by atoms with van der Waals surface area (Å²) in [5.74, 6) is -1.78. The van der Waals surface area contributed by atoms with E-state index in [1.807, 2.05) is 0 Å². The number of aromatic hydroxyl groups is 1. The maximum atomic E-state index is 12.4. The molecule has 2 aliphatic rings. The number of phenolic OH excluding ortho intramolecular Hbond substituents is 1. The molecule has 0 aliphatic heterocycles. The fourth-order valence-corrected chi connectivity index (χ4v) is 3.33. The van der Waals surface area contributed by atoms with Crippen molar-refractivity contribution in [1.82, 2.24) is 0 Å². The summed E-state index contributed by atoms with van der Waals surface area (Å²) in [6.07, 6.45) is 1.93. The van der Waals surface area contributed by atoms with Gasteiger partial charge in [0.05, 0.1) is 6.10 Å². The molecule has 0 bridgehead atoms. The number of carbonyl (C=O) groups excluding carboxylic acids is 2. The van der Waals surface area contributed by atoms with Crippen LogP contribution in [0.5, 0.6) is 5.75 Å². The van der Waals surface area contributed by atoms with Crippen LogP contribution in [0.4, 0.5) is 0 Å². The molecule has 0 aromatic heterocycles. The van der Waals surface area contributed by atoms with Gasteiger partial charge in [-0.2, -0.15) is 0 Å². The van der Waals surface area contributed by atoms with Gasteiger partial charge in [-0.15, -0.1) is 10.2 Å². The second-order valence-electron chi connectivity index (χ2n) is 6.04. The molecule has 0 heterocycles. The van der Waals surface area contributed by atoms with Crippen molar-refractivity contribution in [1.29, 1.82) is 0 Å². The number of carbonyl (C=O) groups is 2. The summed E-state index contributed by atoms with van der Waals surface area (Å²) in [6, 6.07) is 5.68. The highest BCUT2D eigenvalue weighted by atomic mass is 16.5. The van der Waals surface area contributed by atoms with Gasteiger partial charge in [-0.3, -0.25) is 9.59 Å². The van der Waals surface area contributed by atoms with Crippen LogP contribution in [-0.2, 0) is 9.53 Å². The number of allylic oxidation sites excluding steroid dienone is 2. The molecule has 1 fully saturated rings. The molecular formula is C17H18N2O5. The Labute approximate surface area is 138 Å². The molecule has 7 nitrogen and oxygen atoms in total. The zero-order chi connectivity index (χ0) is 17.3. The number of ketones is 1. The van der Waals surface area contributed by atoms with Crippen LogP contribution >= 0.6 is 0 Å². The molecule has 1 amide bonds. The lowest BCUT2D eigenvalue weighted by Crippen LogP contribution is -2.30. The quantitative estimate of drug-likeness (QED) is 0.828. The lowest BCUT2D eigenvalue weighted by molar-refractivity contribution is -0.121. The number of azo groups is 1. The topological polar surface area (TPSA) is 109 Å². The van der Waals surface area contributed by atoms with E-state index in [-0.39, 0.29) is 46.5 Å². The van der Waals surface area contributed by atoms with E-state index in [4.69, 9.17) is 4.74 Å². The maximum Gasteiger partial charge on any atom is 0.295 e. The number of phenols is 1. The maximum absolute atomic E-state index is 12.4. The predicted octanol–water partition coefficient (Wildman–Crippen LogP) is 2.77. The lowest BCUT2D eigenvalue weighted by atomic mass is 9.79. The van der Waals surface area contributed by atoms with E-state index in [2.05, 4.69) is 10.2 Å². The van der Waals surface area contributed by atoms with Crippen LogP contribution in [-0.4, -0.2) is 35.1 Å². The number of aliphatic hydroxyl groups excluding tert-OH is 1. The molecule has 126 valence electrons. The van der Waals surface area contributed by atoms with Gasteiger partial charge < -0.3 is 14.9 Å². The van der Waals surface area contributed by atoms with E-state index in [9.17, 15) is 19.8 Å². The van der Waals surface area contributed by atoms with Crippen LogP contribution in [0, 0.1) is 11.8 Å². The van der Waals surface area contributed by atoms with Gasteiger partial charge in [0.1, 0.15) is 11.5 Å². The molecule has 0 radical (unpaired) electrons. The van der Waals surface area contributed by atoms with Gasteiger partial charge in [-0.05, 0) is 37.5 Å². The monoisotopic (exact) mass is 330 g/mol. The van der Waals surface area contributed by atoms with Crippen molar-refractivity contribution in [2.75, 3.05) is 7.11 Å². The Bertz CT molecular complexity index is 740. The van der Waals surface area contributed by atoms with E-state index >= 15 is 0 Å². The van der Waals surface area contributed by atoms with Gasteiger partial charge in [0.2, 0.25) is 0 Å². The van der Waals surface area contributed by atoms with E-state index in [1.54, 1.807) is 7.11 Å². The molecule has 1 aromatic rings. The first-order chi connectivity index (χ1) is 11.5. The fourth-order valence-electron chi connectivity index (χ4n) is 3.33. The molecule has 7 heteroatoms. The first kappa shape index (κ1) is 16.3. The number of methoxy groups -OCH3 is 1. The third-order valence-corrected chi connectivity index (χ3v) is 4.63. The van der Waals surface area contributed by atoms with E-state index in [0.717, 1.165) is 6.42 Å². The summed E-state index contributed by atoms with van der Waals surface area (Å²) in [5, 5.41) is 26.9. The zero-order valence-corrected chi connectivity index (χ0v) is 13.2. The number of nitrogens with zero attached hydrogens (tertiary/aromatic N) is 2. The van der Waals surface area contributed by atoms with Gasteiger partial charge in [0, 0.05) is 24.5 Å². The SMILES string of the molecule is COC1CCC2C(=O)C(N=NC(=O)c3cccc(O)c3)=C(O)C2C1. The highest BCUT2D eigenvalue weighted by Gasteiger charge is 2.46. The second kappa shape index (κ2) is 6.52. The number of hydrogen-bond donors (Lipinski definition) is 2. The van der Waals surface area contributed by atoms with Gasteiger partial charge >= 0.3 is 0 Å². The summed E-state index contributed by atoms with van der Waals surface area (Å²) < 4.78 is 5.31. The third kappa shape index (κ3) is 2.94. The molecular weight excluding hydrogens is 312 g/mol. The molecule has 0 spiro atoms. The van der Waals surface area contributed by atoms with Crippen molar-refractivity contribution < 1.29 is 24.5 Å². The summed E-state index contributed by atoms with van der Waals surface area (Å²) in [7, 11) is 1.61. The molecule has 3 rings (SSSR count). The first-order valence-electron chi connectivity index (χ1n) is 7.76. The molecule has 24 heavy (non-hydrogen) atoms.